The van der Waals surface area contributed by atoms with Gasteiger partial charge in [0.1, 0.15) is 0 Å². The molecule has 0 aromatic carbocycles. The highest BCUT2D eigenvalue weighted by molar-refractivity contribution is 7.88. The lowest BCUT2D eigenvalue weighted by molar-refractivity contribution is 0.171. The van der Waals surface area contributed by atoms with Gasteiger partial charge in [-0.25, -0.2) is 17.9 Å². The van der Waals surface area contributed by atoms with Gasteiger partial charge in [-0.1, -0.05) is 0 Å². The molecule has 0 spiro atoms. The van der Waals surface area contributed by atoms with E-state index in [4.69, 9.17) is 0 Å². The van der Waals surface area contributed by atoms with Crippen LogP contribution in [0.2, 0.25) is 0 Å². The number of hydrogen-bond acceptors (Lipinski definition) is 4. The van der Waals surface area contributed by atoms with Gasteiger partial charge in [0.25, 0.3) is 0 Å². The second-order valence-electron chi connectivity index (χ2n) is 2.08. The number of hydrogen-bond donors (Lipinski definition) is 2. The monoisotopic (exact) mass is 196 g/mol. The third kappa shape index (κ3) is 7.29. The van der Waals surface area contributed by atoms with E-state index < -0.39 is 16.1 Å². The molecule has 0 radical (unpaired) electrons. The number of carbonyl (C=O) groups is 1. The summed E-state index contributed by atoms with van der Waals surface area (Å²) in [5, 5.41) is 2.32. The molecule has 0 unspecified atom stereocenters. The zero-order chi connectivity index (χ0) is 9.61. The topological polar surface area (TPSA) is 84.5 Å². The van der Waals surface area contributed by atoms with E-state index in [1.807, 2.05) is 0 Å². The molecule has 2 N–H and O–H groups in total. The Morgan fingerprint density at radius 3 is 2.42 bits per heavy atom. The molecule has 1 amide bonds. The van der Waals surface area contributed by atoms with Crippen molar-refractivity contribution >= 4 is 16.1 Å². The van der Waals surface area contributed by atoms with E-state index in [0.29, 0.717) is 0 Å². The summed E-state index contributed by atoms with van der Waals surface area (Å²) in [6.07, 6.45) is 0.468. The van der Waals surface area contributed by atoms with E-state index in [-0.39, 0.29) is 13.1 Å². The van der Waals surface area contributed by atoms with Crippen molar-refractivity contribution in [2.45, 2.75) is 0 Å². The molecule has 0 aromatic rings. The van der Waals surface area contributed by atoms with Gasteiger partial charge in [-0.3, -0.25) is 0 Å². The quantitative estimate of drug-likeness (QED) is 0.558. The molecular formula is C5H12N2O4S. The number of carbonyl (C=O) groups excluding carboxylic acids is 1. The highest BCUT2D eigenvalue weighted by atomic mass is 32.2. The largest absolute Gasteiger partial charge is 0.453 e. The summed E-state index contributed by atoms with van der Waals surface area (Å²) < 4.78 is 27.4. The summed E-state index contributed by atoms with van der Waals surface area (Å²) >= 11 is 0. The van der Waals surface area contributed by atoms with E-state index in [1.54, 1.807) is 0 Å². The Hall–Kier alpha value is -0.820. The number of rotatable bonds is 4. The summed E-state index contributed by atoms with van der Waals surface area (Å²) in [6, 6.07) is 0. The molecule has 0 aliphatic heterocycles. The van der Waals surface area contributed by atoms with Crippen molar-refractivity contribution in [2.24, 2.45) is 0 Å². The molecular weight excluding hydrogens is 184 g/mol. The Bertz CT molecular complexity index is 236. The first-order chi connectivity index (χ1) is 5.45. The van der Waals surface area contributed by atoms with Crippen molar-refractivity contribution in [1.29, 1.82) is 0 Å². The minimum Gasteiger partial charge on any atom is -0.453 e. The maximum atomic E-state index is 10.5. The van der Waals surface area contributed by atoms with Gasteiger partial charge in [0.2, 0.25) is 10.0 Å². The number of amides is 1. The first kappa shape index (κ1) is 11.2. The zero-order valence-electron chi connectivity index (χ0n) is 6.96. The van der Waals surface area contributed by atoms with Crippen LogP contribution in [-0.4, -0.2) is 41.0 Å². The van der Waals surface area contributed by atoms with E-state index >= 15 is 0 Å². The minimum absolute atomic E-state index is 0.161. The Labute approximate surface area is 71.3 Å². The molecule has 6 nitrogen and oxygen atoms in total. The van der Waals surface area contributed by atoms with E-state index in [2.05, 4.69) is 14.8 Å². The van der Waals surface area contributed by atoms with Gasteiger partial charge in [-0.15, -0.1) is 0 Å². The standard InChI is InChI=1S/C5H12N2O4S/c1-11-5(8)6-3-4-7-12(2,9)10/h7H,3-4H2,1-2H3,(H,6,8). The molecule has 0 bridgehead atoms. The lowest BCUT2D eigenvalue weighted by Gasteiger charge is -2.03. The molecule has 0 aromatic heterocycles. The number of alkyl carbamates (subject to hydrolysis) is 1. The first-order valence-electron chi connectivity index (χ1n) is 3.22. The Morgan fingerprint density at radius 2 is 2.00 bits per heavy atom. The normalized spacial score (nSPS) is 10.8. The van der Waals surface area contributed by atoms with Crippen molar-refractivity contribution in [2.75, 3.05) is 26.5 Å². The third-order valence-corrected chi connectivity index (χ3v) is 1.67. The lowest BCUT2D eigenvalue weighted by atomic mass is 10.7. The van der Waals surface area contributed by atoms with Crippen LogP contribution in [0.4, 0.5) is 4.79 Å². The van der Waals surface area contributed by atoms with Crippen molar-refractivity contribution in [3.63, 3.8) is 0 Å². The van der Waals surface area contributed by atoms with Gasteiger partial charge >= 0.3 is 6.09 Å². The molecule has 72 valence electrons. The van der Waals surface area contributed by atoms with Crippen LogP contribution in [0.25, 0.3) is 0 Å². The predicted molar refractivity (Wildman–Crippen MR) is 43.3 cm³/mol. The molecule has 0 heterocycles. The average Bonchev–Trinajstić information content (AvgIpc) is 1.96. The van der Waals surface area contributed by atoms with Gasteiger partial charge in [0.15, 0.2) is 0 Å². The van der Waals surface area contributed by atoms with Crippen LogP contribution in [0.15, 0.2) is 0 Å². The van der Waals surface area contributed by atoms with Crippen LogP contribution in [0.3, 0.4) is 0 Å². The number of nitrogens with one attached hydrogen (secondary N) is 2. The van der Waals surface area contributed by atoms with Crippen molar-refractivity contribution in [1.82, 2.24) is 10.0 Å². The fourth-order valence-corrected chi connectivity index (χ4v) is 0.946. The van der Waals surface area contributed by atoms with Crippen molar-refractivity contribution in [3.8, 4) is 0 Å². The SMILES string of the molecule is COC(=O)NCCNS(C)(=O)=O. The molecule has 0 fully saturated rings. The van der Waals surface area contributed by atoms with Gasteiger partial charge in [-0.2, -0.15) is 0 Å². The predicted octanol–water partition coefficient (Wildman–Crippen LogP) is -1.11. The number of sulfonamides is 1. The van der Waals surface area contributed by atoms with E-state index in [0.717, 1.165) is 6.26 Å². The Morgan fingerprint density at radius 1 is 1.42 bits per heavy atom. The lowest BCUT2D eigenvalue weighted by Crippen LogP contribution is -2.34. The first-order valence-corrected chi connectivity index (χ1v) is 5.11. The van der Waals surface area contributed by atoms with E-state index in [1.165, 1.54) is 7.11 Å². The molecule has 0 rings (SSSR count). The fourth-order valence-electron chi connectivity index (χ4n) is 0.473. The summed E-state index contributed by atoms with van der Waals surface area (Å²) in [7, 11) is -1.94. The Balaban J connectivity index is 3.40. The molecule has 0 aliphatic rings. The van der Waals surface area contributed by atoms with Crippen LogP contribution in [0.1, 0.15) is 0 Å². The van der Waals surface area contributed by atoms with Gasteiger partial charge in [0, 0.05) is 13.1 Å². The second-order valence-corrected chi connectivity index (χ2v) is 3.92. The second kappa shape index (κ2) is 4.94. The molecule has 0 aliphatic carbocycles. The average molecular weight is 196 g/mol. The van der Waals surface area contributed by atoms with Crippen molar-refractivity contribution < 1.29 is 17.9 Å². The summed E-state index contributed by atoms with van der Waals surface area (Å²) in [4.78, 5) is 10.4. The number of methoxy groups -OCH3 is 1. The van der Waals surface area contributed by atoms with Crippen LogP contribution in [0.5, 0.6) is 0 Å². The smallest absolute Gasteiger partial charge is 0.406 e. The summed E-state index contributed by atoms with van der Waals surface area (Å²) in [5.41, 5.74) is 0. The molecule has 0 saturated carbocycles. The fraction of sp³-hybridized carbons (Fsp3) is 0.800. The zero-order valence-corrected chi connectivity index (χ0v) is 7.77. The summed E-state index contributed by atoms with van der Waals surface area (Å²) in [5.74, 6) is 0. The third-order valence-electron chi connectivity index (χ3n) is 0.944. The van der Waals surface area contributed by atoms with Crippen LogP contribution >= 0.6 is 0 Å². The molecule has 7 heteroatoms. The maximum Gasteiger partial charge on any atom is 0.406 e. The minimum atomic E-state index is -3.17. The highest BCUT2D eigenvalue weighted by Crippen LogP contribution is 1.72. The summed E-state index contributed by atoms with van der Waals surface area (Å²) in [6.45, 7) is 0.369. The van der Waals surface area contributed by atoms with Crippen molar-refractivity contribution in [3.05, 3.63) is 0 Å². The molecule has 12 heavy (non-hydrogen) atoms. The van der Waals surface area contributed by atoms with E-state index in [9.17, 15) is 13.2 Å². The maximum absolute atomic E-state index is 10.5. The van der Waals surface area contributed by atoms with Gasteiger partial charge < -0.3 is 10.1 Å². The molecule has 0 saturated heterocycles. The number of ether oxygens (including phenoxy) is 1. The van der Waals surface area contributed by atoms with Gasteiger partial charge in [-0.05, 0) is 0 Å². The van der Waals surface area contributed by atoms with Crippen LogP contribution in [-0.2, 0) is 14.8 Å². The van der Waals surface area contributed by atoms with Gasteiger partial charge in [0.05, 0.1) is 13.4 Å². The molecule has 0 atom stereocenters. The Kier molecular flexibility index (Phi) is 4.60. The van der Waals surface area contributed by atoms with Crippen LogP contribution < -0.4 is 10.0 Å². The van der Waals surface area contributed by atoms with Crippen LogP contribution in [0, 0.1) is 0 Å². The highest BCUT2D eigenvalue weighted by Gasteiger charge is 2.00.